The molecule has 0 aromatic carbocycles. The van der Waals surface area contributed by atoms with Gasteiger partial charge in [0.25, 0.3) is 0 Å². The van der Waals surface area contributed by atoms with Gasteiger partial charge in [0.15, 0.2) is 0 Å². The van der Waals surface area contributed by atoms with E-state index in [0.717, 1.165) is 34.9 Å². The van der Waals surface area contributed by atoms with Crippen LogP contribution in [0.3, 0.4) is 0 Å². The fraction of sp³-hybridized carbons (Fsp3) is 0.316. The van der Waals surface area contributed by atoms with Crippen LogP contribution < -0.4 is 15.5 Å². The number of rotatable bonds is 7. The zero-order chi connectivity index (χ0) is 18.4. The van der Waals surface area contributed by atoms with Gasteiger partial charge in [-0.15, -0.1) is 0 Å². The van der Waals surface area contributed by atoms with Crippen LogP contribution in [0, 0.1) is 6.92 Å². The van der Waals surface area contributed by atoms with Gasteiger partial charge in [0.1, 0.15) is 11.6 Å². The van der Waals surface area contributed by atoms with Crippen LogP contribution in [0.25, 0.3) is 5.70 Å². The SMILES string of the molecule is CC/C(C)=C(/Nc1ncc(NC=O)cc1C)c1ccc(N(C)C)nc1. The Hall–Kier alpha value is -2.89. The number of allylic oxidation sites excluding steroid dienone is 1. The van der Waals surface area contributed by atoms with E-state index in [1.165, 1.54) is 5.57 Å². The lowest BCUT2D eigenvalue weighted by Crippen LogP contribution is -2.11. The number of nitrogens with one attached hydrogen (secondary N) is 2. The molecule has 2 N–H and O–H groups in total. The van der Waals surface area contributed by atoms with Gasteiger partial charge in [-0.25, -0.2) is 9.97 Å². The van der Waals surface area contributed by atoms with Crippen LogP contribution in [0.2, 0.25) is 0 Å². The Bertz CT molecular complexity index is 766. The zero-order valence-electron chi connectivity index (χ0n) is 15.4. The normalized spacial score (nSPS) is 11.6. The van der Waals surface area contributed by atoms with Crippen molar-refractivity contribution in [2.75, 3.05) is 29.6 Å². The minimum atomic E-state index is 0.647. The van der Waals surface area contributed by atoms with E-state index in [2.05, 4.69) is 40.5 Å². The quantitative estimate of drug-likeness (QED) is 0.753. The van der Waals surface area contributed by atoms with Crippen molar-refractivity contribution in [2.24, 2.45) is 0 Å². The summed E-state index contributed by atoms with van der Waals surface area (Å²) >= 11 is 0. The molecule has 2 heterocycles. The van der Waals surface area contributed by atoms with Crippen LogP contribution in [0.4, 0.5) is 17.3 Å². The second kappa shape index (κ2) is 8.28. The van der Waals surface area contributed by atoms with Gasteiger partial charge in [0, 0.05) is 31.6 Å². The third-order valence-corrected chi connectivity index (χ3v) is 4.00. The molecule has 0 aliphatic carbocycles. The minimum absolute atomic E-state index is 0.647. The highest BCUT2D eigenvalue weighted by Gasteiger charge is 2.10. The number of carbonyl (C=O) groups is 1. The molecule has 1 amide bonds. The van der Waals surface area contributed by atoms with Crippen LogP contribution in [0.5, 0.6) is 0 Å². The molecule has 6 heteroatoms. The summed E-state index contributed by atoms with van der Waals surface area (Å²) in [7, 11) is 3.94. The number of hydrogen-bond donors (Lipinski definition) is 2. The van der Waals surface area contributed by atoms with Gasteiger partial charge >= 0.3 is 0 Å². The lowest BCUT2D eigenvalue weighted by atomic mass is 10.1. The molecule has 0 aliphatic heterocycles. The van der Waals surface area contributed by atoms with Crippen molar-refractivity contribution < 1.29 is 4.79 Å². The molecule has 132 valence electrons. The number of carbonyl (C=O) groups excluding carboxylic acids is 1. The van der Waals surface area contributed by atoms with Crippen molar-refractivity contribution in [3.05, 3.63) is 47.3 Å². The van der Waals surface area contributed by atoms with Crippen molar-refractivity contribution in [3.63, 3.8) is 0 Å². The van der Waals surface area contributed by atoms with E-state index < -0.39 is 0 Å². The highest BCUT2D eigenvalue weighted by molar-refractivity contribution is 5.79. The average Bonchev–Trinajstić information content (AvgIpc) is 2.61. The molecule has 0 atom stereocenters. The Kier molecular flexibility index (Phi) is 6.11. The largest absolute Gasteiger partial charge is 0.363 e. The van der Waals surface area contributed by atoms with E-state index in [9.17, 15) is 4.79 Å². The van der Waals surface area contributed by atoms with Crippen molar-refractivity contribution in [3.8, 4) is 0 Å². The van der Waals surface area contributed by atoms with Gasteiger partial charge < -0.3 is 15.5 Å². The van der Waals surface area contributed by atoms with Gasteiger partial charge in [-0.3, -0.25) is 4.79 Å². The third kappa shape index (κ3) is 4.56. The fourth-order valence-corrected chi connectivity index (χ4v) is 2.37. The number of aromatic nitrogens is 2. The second-order valence-corrected chi connectivity index (χ2v) is 6.09. The van der Waals surface area contributed by atoms with E-state index in [0.29, 0.717) is 12.1 Å². The molecule has 0 radical (unpaired) electrons. The second-order valence-electron chi connectivity index (χ2n) is 6.09. The lowest BCUT2D eigenvalue weighted by Gasteiger charge is -2.17. The Balaban J connectivity index is 2.35. The molecular weight excluding hydrogens is 314 g/mol. The predicted molar refractivity (Wildman–Crippen MR) is 104 cm³/mol. The Morgan fingerprint density at radius 3 is 2.52 bits per heavy atom. The molecule has 25 heavy (non-hydrogen) atoms. The molecule has 0 spiro atoms. The molecule has 0 saturated heterocycles. The summed E-state index contributed by atoms with van der Waals surface area (Å²) in [5.74, 6) is 1.67. The summed E-state index contributed by atoms with van der Waals surface area (Å²) in [5, 5.41) is 6.04. The summed E-state index contributed by atoms with van der Waals surface area (Å²) in [6.07, 6.45) is 5.07. The van der Waals surface area contributed by atoms with E-state index in [1.54, 1.807) is 6.20 Å². The highest BCUT2D eigenvalue weighted by Crippen LogP contribution is 2.25. The Labute approximate surface area is 149 Å². The first-order valence-corrected chi connectivity index (χ1v) is 8.23. The summed E-state index contributed by atoms with van der Waals surface area (Å²) in [6.45, 7) is 6.17. The molecule has 2 rings (SSSR count). The first kappa shape index (κ1) is 18.4. The first-order valence-electron chi connectivity index (χ1n) is 8.23. The van der Waals surface area contributed by atoms with E-state index >= 15 is 0 Å². The molecule has 2 aromatic heterocycles. The predicted octanol–water partition coefficient (Wildman–Crippen LogP) is 3.67. The van der Waals surface area contributed by atoms with Crippen LogP contribution in [0.15, 0.2) is 36.2 Å². The summed E-state index contributed by atoms with van der Waals surface area (Å²) < 4.78 is 0. The van der Waals surface area contributed by atoms with Gasteiger partial charge in [-0.05, 0) is 49.6 Å². The highest BCUT2D eigenvalue weighted by atomic mass is 16.1. The maximum Gasteiger partial charge on any atom is 0.211 e. The van der Waals surface area contributed by atoms with Gasteiger partial charge in [0.05, 0.1) is 11.9 Å². The lowest BCUT2D eigenvalue weighted by molar-refractivity contribution is -0.105. The number of pyridine rings is 2. The molecule has 0 aliphatic rings. The number of nitrogens with zero attached hydrogens (tertiary/aromatic N) is 3. The maximum absolute atomic E-state index is 10.6. The van der Waals surface area contributed by atoms with Crippen LogP contribution in [-0.2, 0) is 4.79 Å². The summed E-state index contributed by atoms with van der Waals surface area (Å²) in [4.78, 5) is 21.5. The maximum atomic E-state index is 10.6. The van der Waals surface area contributed by atoms with E-state index in [-0.39, 0.29) is 0 Å². The minimum Gasteiger partial charge on any atom is -0.363 e. The van der Waals surface area contributed by atoms with Crippen molar-refractivity contribution >= 4 is 29.4 Å². The number of amides is 1. The third-order valence-electron chi connectivity index (χ3n) is 4.00. The average molecular weight is 339 g/mol. The zero-order valence-corrected chi connectivity index (χ0v) is 15.4. The molecular formula is C19H25N5O. The molecule has 0 bridgehead atoms. The first-order chi connectivity index (χ1) is 12.0. The van der Waals surface area contributed by atoms with Gasteiger partial charge in [-0.1, -0.05) is 6.92 Å². The molecule has 0 unspecified atom stereocenters. The smallest absolute Gasteiger partial charge is 0.211 e. The molecule has 2 aromatic rings. The molecule has 0 saturated carbocycles. The fourth-order valence-electron chi connectivity index (χ4n) is 2.37. The van der Waals surface area contributed by atoms with E-state index in [1.807, 2.05) is 44.2 Å². The molecule has 0 fully saturated rings. The number of anilines is 3. The van der Waals surface area contributed by atoms with Crippen LogP contribution >= 0.6 is 0 Å². The van der Waals surface area contributed by atoms with Crippen molar-refractivity contribution in [2.45, 2.75) is 27.2 Å². The topological polar surface area (TPSA) is 70.2 Å². The van der Waals surface area contributed by atoms with Crippen LogP contribution in [-0.4, -0.2) is 30.5 Å². The molecule has 6 nitrogen and oxygen atoms in total. The monoisotopic (exact) mass is 339 g/mol. The van der Waals surface area contributed by atoms with Gasteiger partial charge in [-0.2, -0.15) is 0 Å². The van der Waals surface area contributed by atoms with Crippen molar-refractivity contribution in [1.82, 2.24) is 9.97 Å². The Morgan fingerprint density at radius 2 is 2.00 bits per heavy atom. The summed E-state index contributed by atoms with van der Waals surface area (Å²) in [5.41, 5.74) is 4.86. The number of aryl methyl sites for hydroxylation is 1. The van der Waals surface area contributed by atoms with Gasteiger partial charge in [0.2, 0.25) is 6.41 Å². The van der Waals surface area contributed by atoms with E-state index in [4.69, 9.17) is 0 Å². The van der Waals surface area contributed by atoms with Crippen molar-refractivity contribution in [1.29, 1.82) is 0 Å². The van der Waals surface area contributed by atoms with Crippen LogP contribution in [0.1, 0.15) is 31.4 Å². The Morgan fingerprint density at radius 1 is 1.24 bits per heavy atom. The standard InChI is InChI=1S/C19H25N5O/c1-6-13(2)18(15-7-8-17(20-10-15)24(4)5)23-19-14(3)9-16(11-21-19)22-12-25/h7-12H,6H2,1-5H3,(H,21,23)(H,22,25)/b18-13+. The summed E-state index contributed by atoms with van der Waals surface area (Å²) in [6, 6.07) is 5.94. The number of hydrogen-bond acceptors (Lipinski definition) is 5.